The first kappa shape index (κ1) is 13.4. The molecule has 0 fully saturated rings. The van der Waals surface area contributed by atoms with Crippen LogP contribution in [0.2, 0.25) is 5.02 Å². The van der Waals surface area contributed by atoms with E-state index < -0.39 is 28.4 Å². The summed E-state index contributed by atoms with van der Waals surface area (Å²) in [7, 11) is 0. The maximum absolute atomic E-state index is 13.3. The van der Waals surface area contributed by atoms with Gasteiger partial charge in [0.25, 0.3) is 5.78 Å². The van der Waals surface area contributed by atoms with Gasteiger partial charge in [-0.1, -0.05) is 11.6 Å². The highest BCUT2D eigenvalue weighted by Crippen LogP contribution is 2.33. The van der Waals surface area contributed by atoms with Gasteiger partial charge in [-0.15, -0.1) is 0 Å². The molecule has 0 atom stereocenters. The van der Waals surface area contributed by atoms with Crippen LogP contribution in [0.15, 0.2) is 10.5 Å². The number of alkyl halides is 3. The molecule has 0 aliphatic rings. The minimum atomic E-state index is -5.14. The summed E-state index contributed by atoms with van der Waals surface area (Å²) >= 11 is 8.11. The molecule has 0 radical (unpaired) electrons. The Kier molecular flexibility index (Phi) is 3.64. The lowest BCUT2D eigenvalue weighted by Gasteiger charge is -2.11. The Hall–Kier alpha value is -0.620. The largest absolute Gasteiger partial charge is 0.455 e. The third-order valence-corrected chi connectivity index (χ3v) is 3.12. The van der Waals surface area contributed by atoms with Crippen molar-refractivity contribution in [3.05, 3.63) is 32.5 Å². The number of aryl methyl sites for hydroxylation is 1. The zero-order chi connectivity index (χ0) is 12.7. The van der Waals surface area contributed by atoms with Crippen LogP contribution in [0.4, 0.5) is 17.6 Å². The number of carbonyl (C=O) groups excluding carboxylic acids is 1. The summed E-state index contributed by atoms with van der Waals surface area (Å²) in [6.07, 6.45) is -5.14. The van der Waals surface area contributed by atoms with Gasteiger partial charge in [0.2, 0.25) is 0 Å². The minimum Gasteiger partial charge on any atom is -0.284 e. The van der Waals surface area contributed by atoms with E-state index in [1.165, 1.54) is 6.92 Å². The molecule has 0 aliphatic heterocycles. The first-order chi connectivity index (χ1) is 7.16. The highest BCUT2D eigenvalue weighted by molar-refractivity contribution is 9.10. The molecule has 0 saturated carbocycles. The molecule has 0 bridgehead atoms. The Morgan fingerprint density at radius 1 is 1.44 bits per heavy atom. The molecule has 0 heterocycles. The average Bonchev–Trinajstić information content (AvgIpc) is 2.13. The van der Waals surface area contributed by atoms with Gasteiger partial charge in [-0.2, -0.15) is 13.2 Å². The van der Waals surface area contributed by atoms with E-state index in [4.69, 9.17) is 11.6 Å². The predicted molar refractivity (Wildman–Crippen MR) is 54.2 cm³/mol. The summed E-state index contributed by atoms with van der Waals surface area (Å²) in [5, 5.41) is -0.520. The fraction of sp³-hybridized carbons (Fsp3) is 0.222. The summed E-state index contributed by atoms with van der Waals surface area (Å²) in [5.74, 6) is -3.64. The number of rotatable bonds is 1. The lowest BCUT2D eigenvalue weighted by molar-refractivity contribution is -0.0888. The maximum Gasteiger partial charge on any atom is 0.455 e. The lowest BCUT2D eigenvalue weighted by atomic mass is 10.1. The summed E-state index contributed by atoms with van der Waals surface area (Å²) in [6.45, 7) is 1.41. The molecule has 0 N–H and O–H groups in total. The minimum absolute atomic E-state index is 0.239. The molecule has 1 nitrogen and oxygen atoms in total. The third-order valence-electron chi connectivity index (χ3n) is 1.82. The van der Waals surface area contributed by atoms with Crippen LogP contribution < -0.4 is 0 Å². The van der Waals surface area contributed by atoms with E-state index in [0.717, 1.165) is 6.07 Å². The van der Waals surface area contributed by atoms with Crippen LogP contribution >= 0.6 is 27.5 Å². The molecule has 0 spiro atoms. The van der Waals surface area contributed by atoms with Gasteiger partial charge < -0.3 is 0 Å². The van der Waals surface area contributed by atoms with Crippen LogP contribution in [0.25, 0.3) is 0 Å². The highest BCUT2D eigenvalue weighted by Gasteiger charge is 2.42. The second-order valence-corrected chi connectivity index (χ2v) is 4.21. The monoisotopic (exact) mass is 318 g/mol. The summed E-state index contributed by atoms with van der Waals surface area (Å²) in [6, 6.07) is 1.13. The standard InChI is InChI=1S/C9H4BrClF4O/c1-3-2-4(11)7(12)5(6(3)10)8(16)9(13,14)15/h2H,1H3. The van der Waals surface area contributed by atoms with Crippen LogP contribution in [-0.4, -0.2) is 12.0 Å². The molecular weight excluding hydrogens is 315 g/mol. The quantitative estimate of drug-likeness (QED) is 0.428. The van der Waals surface area contributed by atoms with Crippen LogP contribution in [0.5, 0.6) is 0 Å². The van der Waals surface area contributed by atoms with Gasteiger partial charge in [-0.25, -0.2) is 4.39 Å². The average molecular weight is 319 g/mol. The van der Waals surface area contributed by atoms with E-state index in [2.05, 4.69) is 15.9 Å². The molecule has 7 heteroatoms. The van der Waals surface area contributed by atoms with Gasteiger partial charge in [0.1, 0.15) is 0 Å². The van der Waals surface area contributed by atoms with Gasteiger partial charge >= 0.3 is 6.18 Å². The number of ketones is 1. The maximum atomic E-state index is 13.3. The fourth-order valence-corrected chi connectivity index (χ4v) is 1.80. The lowest BCUT2D eigenvalue weighted by Crippen LogP contribution is -2.24. The van der Waals surface area contributed by atoms with E-state index in [9.17, 15) is 22.4 Å². The van der Waals surface area contributed by atoms with E-state index in [-0.39, 0.29) is 10.0 Å². The molecule has 0 unspecified atom stereocenters. The van der Waals surface area contributed by atoms with Crippen molar-refractivity contribution >= 4 is 33.3 Å². The van der Waals surface area contributed by atoms with Gasteiger partial charge in [0, 0.05) is 4.47 Å². The number of halogens is 6. The number of hydrogen-bond acceptors (Lipinski definition) is 1. The van der Waals surface area contributed by atoms with Crippen molar-refractivity contribution < 1.29 is 22.4 Å². The van der Waals surface area contributed by atoms with Crippen molar-refractivity contribution in [3.8, 4) is 0 Å². The topological polar surface area (TPSA) is 17.1 Å². The molecule has 1 rings (SSSR count). The SMILES string of the molecule is Cc1cc(Cl)c(F)c(C(=O)C(F)(F)F)c1Br. The summed E-state index contributed by atoms with van der Waals surface area (Å²) in [5.41, 5.74) is -0.837. The molecule has 88 valence electrons. The van der Waals surface area contributed by atoms with Crippen LogP contribution in [-0.2, 0) is 0 Å². The second-order valence-electron chi connectivity index (χ2n) is 3.01. The number of hydrogen-bond donors (Lipinski definition) is 0. The highest BCUT2D eigenvalue weighted by atomic mass is 79.9. The van der Waals surface area contributed by atoms with Crippen molar-refractivity contribution in [2.24, 2.45) is 0 Å². The van der Waals surface area contributed by atoms with Crippen LogP contribution in [0.3, 0.4) is 0 Å². The molecule has 1 aromatic carbocycles. The smallest absolute Gasteiger partial charge is 0.284 e. The molecule has 0 aromatic heterocycles. The van der Waals surface area contributed by atoms with Crippen molar-refractivity contribution in [2.75, 3.05) is 0 Å². The van der Waals surface area contributed by atoms with Crippen LogP contribution in [0.1, 0.15) is 15.9 Å². The molecule has 0 aliphatic carbocycles. The summed E-state index contributed by atoms with van der Waals surface area (Å²) < 4.78 is 49.6. The fourth-order valence-electron chi connectivity index (χ4n) is 1.07. The first-order valence-corrected chi connectivity index (χ1v) is 5.09. The normalized spacial score (nSPS) is 11.7. The van der Waals surface area contributed by atoms with Crippen molar-refractivity contribution in [1.82, 2.24) is 0 Å². The van der Waals surface area contributed by atoms with Crippen molar-refractivity contribution in [1.29, 1.82) is 0 Å². The Morgan fingerprint density at radius 3 is 2.38 bits per heavy atom. The molecule has 16 heavy (non-hydrogen) atoms. The van der Waals surface area contributed by atoms with Crippen LogP contribution in [0, 0.1) is 12.7 Å². The van der Waals surface area contributed by atoms with E-state index in [0.29, 0.717) is 0 Å². The predicted octanol–water partition coefficient (Wildman–Crippen LogP) is 4.30. The van der Waals surface area contributed by atoms with Gasteiger partial charge in [0.05, 0.1) is 10.6 Å². The number of carbonyl (C=O) groups is 1. The Balaban J connectivity index is 3.50. The number of Topliss-reactive ketones (excluding diaryl/α,β-unsaturated/α-hetero) is 1. The van der Waals surface area contributed by atoms with E-state index >= 15 is 0 Å². The first-order valence-electron chi connectivity index (χ1n) is 3.92. The van der Waals surface area contributed by atoms with Crippen molar-refractivity contribution in [2.45, 2.75) is 13.1 Å². The third kappa shape index (κ3) is 2.38. The zero-order valence-corrected chi connectivity index (χ0v) is 10.1. The van der Waals surface area contributed by atoms with E-state index in [1.54, 1.807) is 0 Å². The molecular formula is C9H4BrClF4O. The molecule has 0 amide bonds. The Bertz CT molecular complexity index is 430. The zero-order valence-electron chi connectivity index (χ0n) is 7.75. The molecule has 0 saturated heterocycles. The second kappa shape index (κ2) is 4.33. The number of benzene rings is 1. The van der Waals surface area contributed by atoms with Crippen molar-refractivity contribution in [3.63, 3.8) is 0 Å². The van der Waals surface area contributed by atoms with Gasteiger partial charge in [-0.05, 0) is 34.5 Å². The Labute approximate surface area is 102 Å². The summed E-state index contributed by atoms with van der Waals surface area (Å²) in [4.78, 5) is 11.0. The molecule has 1 aromatic rings. The van der Waals surface area contributed by atoms with Gasteiger partial charge in [0.15, 0.2) is 5.82 Å². The van der Waals surface area contributed by atoms with E-state index in [1.807, 2.05) is 0 Å². The Morgan fingerprint density at radius 2 is 1.94 bits per heavy atom. The van der Waals surface area contributed by atoms with Gasteiger partial charge in [-0.3, -0.25) is 4.79 Å².